The normalized spacial score (nSPS) is 12.4. The third-order valence-corrected chi connectivity index (χ3v) is 6.12. The molecule has 0 saturated heterocycles. The number of carbonyl (C=O) groups is 1. The predicted molar refractivity (Wildman–Crippen MR) is 95.8 cm³/mol. The number of sulfone groups is 1. The van der Waals surface area contributed by atoms with Crippen molar-refractivity contribution in [1.29, 1.82) is 5.26 Å². The van der Waals surface area contributed by atoms with E-state index in [0.717, 1.165) is 5.56 Å². The second-order valence-corrected chi connectivity index (χ2v) is 8.55. The Morgan fingerprint density at radius 2 is 1.56 bits per heavy atom. The van der Waals surface area contributed by atoms with Crippen LogP contribution in [0.5, 0.6) is 0 Å². The number of amides is 1. The molecule has 2 rings (SSSR count). The molecule has 2 aromatic carbocycles. The fraction of sp³-hybridized carbons (Fsp3) is 0.263. The molecule has 25 heavy (non-hydrogen) atoms. The van der Waals surface area contributed by atoms with Crippen molar-refractivity contribution in [3.8, 4) is 6.07 Å². The average Bonchev–Trinajstić information content (AvgIpc) is 2.61. The molecular formula is C19H20N2O3S. The highest BCUT2D eigenvalue weighted by molar-refractivity contribution is 7.92. The second kappa shape index (κ2) is 7.49. The van der Waals surface area contributed by atoms with Crippen LogP contribution in [0.2, 0.25) is 0 Å². The van der Waals surface area contributed by atoms with Gasteiger partial charge in [-0.2, -0.15) is 5.26 Å². The molecular weight excluding hydrogens is 336 g/mol. The van der Waals surface area contributed by atoms with Gasteiger partial charge >= 0.3 is 0 Å². The first kappa shape index (κ1) is 18.7. The van der Waals surface area contributed by atoms with Crippen molar-refractivity contribution in [3.05, 3.63) is 65.2 Å². The van der Waals surface area contributed by atoms with Crippen LogP contribution in [-0.2, 0) is 9.84 Å². The van der Waals surface area contributed by atoms with E-state index in [2.05, 4.69) is 5.32 Å². The zero-order valence-electron chi connectivity index (χ0n) is 14.4. The molecule has 0 unspecified atom stereocenters. The largest absolute Gasteiger partial charge is 0.346 e. The van der Waals surface area contributed by atoms with Gasteiger partial charge in [0.1, 0.15) is 0 Å². The molecule has 0 aliphatic rings. The summed E-state index contributed by atoms with van der Waals surface area (Å²) in [5.41, 5.74) is 1.83. The first-order valence-electron chi connectivity index (χ1n) is 7.90. The standard InChI is InChI=1S/C19H20N2O3S/c1-13(2)25(23,24)18-10-8-17(9-11-18)19(22)21-14(3)16-6-4-15(12-20)5-7-16/h4-11,13-14H,1-3H3,(H,21,22)/t14-/m1/s1. The Hall–Kier alpha value is -2.65. The van der Waals surface area contributed by atoms with Crippen molar-refractivity contribution < 1.29 is 13.2 Å². The van der Waals surface area contributed by atoms with Gasteiger partial charge in [-0.15, -0.1) is 0 Å². The van der Waals surface area contributed by atoms with Gasteiger partial charge in [-0.05, 0) is 62.7 Å². The van der Waals surface area contributed by atoms with Crippen LogP contribution in [0.1, 0.15) is 48.3 Å². The number of benzene rings is 2. The minimum atomic E-state index is -3.35. The van der Waals surface area contributed by atoms with E-state index in [9.17, 15) is 13.2 Å². The Labute approximate surface area is 148 Å². The molecule has 0 saturated carbocycles. The highest BCUT2D eigenvalue weighted by atomic mass is 32.2. The molecule has 0 aromatic heterocycles. The number of nitriles is 1. The third-order valence-electron chi connectivity index (χ3n) is 3.95. The van der Waals surface area contributed by atoms with Gasteiger partial charge in [0.15, 0.2) is 9.84 Å². The first-order chi connectivity index (χ1) is 11.8. The molecule has 5 nitrogen and oxygen atoms in total. The van der Waals surface area contributed by atoms with Crippen molar-refractivity contribution >= 4 is 15.7 Å². The van der Waals surface area contributed by atoms with Crippen LogP contribution in [0, 0.1) is 11.3 Å². The molecule has 0 fully saturated rings. The Morgan fingerprint density at radius 1 is 1.00 bits per heavy atom. The maximum atomic E-state index is 12.3. The van der Waals surface area contributed by atoms with E-state index in [4.69, 9.17) is 5.26 Å². The van der Waals surface area contributed by atoms with E-state index in [-0.39, 0.29) is 16.8 Å². The summed E-state index contributed by atoms with van der Waals surface area (Å²) in [5, 5.41) is 11.2. The Kier molecular flexibility index (Phi) is 5.60. The lowest BCUT2D eigenvalue weighted by molar-refractivity contribution is 0.0940. The molecule has 0 radical (unpaired) electrons. The Balaban J connectivity index is 2.11. The summed E-state index contributed by atoms with van der Waals surface area (Å²) in [6.07, 6.45) is 0. The summed E-state index contributed by atoms with van der Waals surface area (Å²) in [6.45, 7) is 5.08. The van der Waals surface area contributed by atoms with Gasteiger partial charge in [0.05, 0.1) is 27.8 Å². The number of nitrogens with zero attached hydrogens (tertiary/aromatic N) is 1. The molecule has 1 N–H and O–H groups in total. The van der Waals surface area contributed by atoms with E-state index >= 15 is 0 Å². The van der Waals surface area contributed by atoms with Crippen LogP contribution < -0.4 is 5.32 Å². The third kappa shape index (κ3) is 4.25. The molecule has 1 atom stereocenters. The number of nitrogens with one attached hydrogen (secondary N) is 1. The molecule has 0 aliphatic carbocycles. The lowest BCUT2D eigenvalue weighted by Crippen LogP contribution is -2.26. The van der Waals surface area contributed by atoms with Crippen LogP contribution in [0.25, 0.3) is 0 Å². The summed E-state index contributed by atoms with van der Waals surface area (Å²) >= 11 is 0. The van der Waals surface area contributed by atoms with Gasteiger partial charge in [-0.25, -0.2) is 8.42 Å². The monoisotopic (exact) mass is 356 g/mol. The summed E-state index contributed by atoms with van der Waals surface area (Å²) in [7, 11) is -3.35. The van der Waals surface area contributed by atoms with Crippen molar-refractivity contribution in [2.24, 2.45) is 0 Å². The maximum Gasteiger partial charge on any atom is 0.251 e. The van der Waals surface area contributed by atoms with Gasteiger partial charge in [-0.3, -0.25) is 4.79 Å². The van der Waals surface area contributed by atoms with Gasteiger partial charge in [0.2, 0.25) is 0 Å². The van der Waals surface area contributed by atoms with Crippen molar-refractivity contribution in [2.45, 2.75) is 37.0 Å². The van der Waals surface area contributed by atoms with Crippen LogP contribution in [0.4, 0.5) is 0 Å². The fourth-order valence-electron chi connectivity index (χ4n) is 2.28. The first-order valence-corrected chi connectivity index (χ1v) is 9.45. The molecule has 0 spiro atoms. The zero-order valence-corrected chi connectivity index (χ0v) is 15.2. The van der Waals surface area contributed by atoms with E-state index in [1.165, 1.54) is 24.3 Å². The Morgan fingerprint density at radius 3 is 2.04 bits per heavy atom. The molecule has 0 aliphatic heterocycles. The molecule has 0 bridgehead atoms. The van der Waals surface area contributed by atoms with E-state index in [1.54, 1.807) is 38.1 Å². The summed E-state index contributed by atoms with van der Waals surface area (Å²) < 4.78 is 24.2. The summed E-state index contributed by atoms with van der Waals surface area (Å²) in [4.78, 5) is 12.5. The number of rotatable bonds is 5. The van der Waals surface area contributed by atoms with E-state index in [1.807, 2.05) is 13.0 Å². The van der Waals surface area contributed by atoms with Crippen LogP contribution in [0.15, 0.2) is 53.4 Å². The predicted octanol–water partition coefficient (Wildman–Crippen LogP) is 3.23. The summed E-state index contributed by atoms with van der Waals surface area (Å²) in [5.74, 6) is -0.287. The fourth-order valence-corrected chi connectivity index (χ4v) is 3.34. The van der Waals surface area contributed by atoms with Crippen LogP contribution in [0.3, 0.4) is 0 Å². The quantitative estimate of drug-likeness (QED) is 0.891. The van der Waals surface area contributed by atoms with Gasteiger partial charge in [0.25, 0.3) is 5.91 Å². The van der Waals surface area contributed by atoms with Gasteiger partial charge in [0, 0.05) is 5.56 Å². The summed E-state index contributed by atoms with van der Waals surface area (Å²) in [6, 6.07) is 14.7. The van der Waals surface area contributed by atoms with E-state index in [0.29, 0.717) is 11.1 Å². The molecule has 130 valence electrons. The van der Waals surface area contributed by atoms with Gasteiger partial charge < -0.3 is 5.32 Å². The molecule has 2 aromatic rings. The minimum absolute atomic E-state index is 0.208. The highest BCUT2D eigenvalue weighted by Gasteiger charge is 2.19. The van der Waals surface area contributed by atoms with Crippen molar-refractivity contribution in [3.63, 3.8) is 0 Å². The van der Waals surface area contributed by atoms with Crippen molar-refractivity contribution in [2.75, 3.05) is 0 Å². The lowest BCUT2D eigenvalue weighted by atomic mass is 10.1. The van der Waals surface area contributed by atoms with Crippen LogP contribution in [-0.4, -0.2) is 19.6 Å². The SMILES string of the molecule is CC(C)S(=O)(=O)c1ccc(C(=O)N[C@H](C)c2ccc(C#N)cc2)cc1. The molecule has 1 amide bonds. The zero-order chi connectivity index (χ0) is 18.6. The number of hydrogen-bond donors (Lipinski definition) is 1. The lowest BCUT2D eigenvalue weighted by Gasteiger charge is -2.15. The number of carbonyl (C=O) groups excluding carboxylic acids is 1. The van der Waals surface area contributed by atoms with Crippen molar-refractivity contribution in [1.82, 2.24) is 5.32 Å². The second-order valence-electron chi connectivity index (χ2n) is 6.05. The minimum Gasteiger partial charge on any atom is -0.346 e. The van der Waals surface area contributed by atoms with E-state index < -0.39 is 15.1 Å². The molecule has 6 heteroatoms. The highest BCUT2D eigenvalue weighted by Crippen LogP contribution is 2.18. The van der Waals surface area contributed by atoms with Gasteiger partial charge in [-0.1, -0.05) is 12.1 Å². The number of hydrogen-bond acceptors (Lipinski definition) is 4. The Bertz CT molecular complexity index is 893. The topological polar surface area (TPSA) is 87.0 Å². The smallest absolute Gasteiger partial charge is 0.251 e. The average molecular weight is 356 g/mol. The molecule has 0 heterocycles. The maximum absolute atomic E-state index is 12.3. The van der Waals surface area contributed by atoms with Crippen LogP contribution >= 0.6 is 0 Å².